The highest BCUT2D eigenvalue weighted by atomic mass is 32.2. The fourth-order valence-corrected chi connectivity index (χ4v) is 7.45. The molecule has 1 aliphatic carbocycles. The SMILES string of the molecule is CC(COc1ccc(S(=O)(=O)N2CCOCC2)cc1C(=O)Nc1sc2c(c1C#N)CCC2)c1ccccc1. The summed E-state index contributed by atoms with van der Waals surface area (Å²) in [5, 5.41) is 13.1. The van der Waals surface area contributed by atoms with Crippen molar-refractivity contribution in [2.45, 2.75) is 37.0 Å². The van der Waals surface area contributed by atoms with Crippen LogP contribution in [0.25, 0.3) is 0 Å². The first kappa shape index (κ1) is 26.4. The van der Waals surface area contributed by atoms with Crippen LogP contribution in [0, 0.1) is 11.3 Å². The van der Waals surface area contributed by atoms with Gasteiger partial charge in [-0.3, -0.25) is 4.79 Å². The van der Waals surface area contributed by atoms with Crippen LogP contribution in [0.5, 0.6) is 5.75 Å². The Balaban J connectivity index is 1.46. The van der Waals surface area contributed by atoms with Crippen molar-refractivity contribution < 1.29 is 22.7 Å². The van der Waals surface area contributed by atoms with Crippen molar-refractivity contribution in [3.05, 3.63) is 75.7 Å². The van der Waals surface area contributed by atoms with Gasteiger partial charge in [-0.25, -0.2) is 8.42 Å². The molecule has 0 spiro atoms. The van der Waals surface area contributed by atoms with Crippen LogP contribution in [0.3, 0.4) is 0 Å². The molecule has 1 atom stereocenters. The quantitative estimate of drug-likeness (QED) is 0.440. The fraction of sp³-hybridized carbons (Fsp3) is 0.357. The number of thiophene rings is 1. The molecule has 0 radical (unpaired) electrons. The highest BCUT2D eigenvalue weighted by Gasteiger charge is 2.29. The van der Waals surface area contributed by atoms with E-state index < -0.39 is 15.9 Å². The lowest BCUT2D eigenvalue weighted by Crippen LogP contribution is -2.40. The van der Waals surface area contributed by atoms with Gasteiger partial charge in [0.15, 0.2) is 0 Å². The van der Waals surface area contributed by atoms with Crippen molar-refractivity contribution in [2.24, 2.45) is 0 Å². The molecule has 5 rings (SSSR count). The summed E-state index contributed by atoms with van der Waals surface area (Å²) in [5.74, 6) is -0.175. The maximum atomic E-state index is 13.6. The number of rotatable bonds is 8. The number of aryl methyl sites for hydroxylation is 1. The van der Waals surface area contributed by atoms with E-state index in [1.54, 1.807) is 6.07 Å². The number of nitrogens with zero attached hydrogens (tertiary/aromatic N) is 2. The zero-order valence-corrected chi connectivity index (χ0v) is 22.7. The Hall–Kier alpha value is -3.23. The van der Waals surface area contributed by atoms with Gasteiger partial charge in [0.25, 0.3) is 5.91 Å². The van der Waals surface area contributed by atoms with Crippen LogP contribution in [-0.2, 0) is 27.6 Å². The fourth-order valence-electron chi connectivity index (χ4n) is 4.78. The minimum atomic E-state index is -3.82. The smallest absolute Gasteiger partial charge is 0.260 e. The summed E-state index contributed by atoms with van der Waals surface area (Å²) < 4.78 is 39.4. The zero-order chi connectivity index (χ0) is 26.7. The first-order valence-corrected chi connectivity index (χ1v) is 14.9. The molecular formula is C28H29N3O5S2. The number of anilines is 1. The Labute approximate surface area is 226 Å². The van der Waals surface area contributed by atoms with Gasteiger partial charge >= 0.3 is 0 Å². The maximum absolute atomic E-state index is 13.6. The summed E-state index contributed by atoms with van der Waals surface area (Å²) in [4.78, 5) is 14.7. The Morgan fingerprint density at radius 3 is 2.68 bits per heavy atom. The summed E-state index contributed by atoms with van der Waals surface area (Å²) in [5.41, 5.74) is 2.70. The number of ether oxygens (including phenoxy) is 2. The van der Waals surface area contributed by atoms with Crippen molar-refractivity contribution >= 4 is 32.3 Å². The second kappa shape index (κ2) is 11.3. The summed E-state index contributed by atoms with van der Waals surface area (Å²) >= 11 is 1.41. The minimum absolute atomic E-state index is 0.0159. The first-order valence-electron chi connectivity index (χ1n) is 12.6. The molecule has 1 aromatic heterocycles. The van der Waals surface area contributed by atoms with E-state index >= 15 is 0 Å². The summed E-state index contributed by atoms with van der Waals surface area (Å²) in [6.07, 6.45) is 2.72. The van der Waals surface area contributed by atoms with Gasteiger partial charge < -0.3 is 14.8 Å². The predicted octanol–water partition coefficient (Wildman–Crippen LogP) is 4.56. The Morgan fingerprint density at radius 1 is 1.18 bits per heavy atom. The zero-order valence-electron chi connectivity index (χ0n) is 21.1. The van der Waals surface area contributed by atoms with Crippen LogP contribution in [0.2, 0.25) is 0 Å². The molecule has 2 aromatic carbocycles. The molecule has 1 unspecified atom stereocenters. The maximum Gasteiger partial charge on any atom is 0.260 e. The van der Waals surface area contributed by atoms with Gasteiger partial charge in [-0.1, -0.05) is 37.3 Å². The lowest BCUT2D eigenvalue weighted by Gasteiger charge is -2.26. The number of benzene rings is 2. The van der Waals surface area contributed by atoms with Gasteiger partial charge in [-0.2, -0.15) is 9.57 Å². The average molecular weight is 552 g/mol. The Morgan fingerprint density at radius 2 is 1.95 bits per heavy atom. The van der Waals surface area contributed by atoms with Crippen LogP contribution in [0.1, 0.15) is 51.2 Å². The third-order valence-corrected chi connectivity index (χ3v) is 10.0. The van der Waals surface area contributed by atoms with Gasteiger partial charge in [-0.15, -0.1) is 11.3 Å². The van der Waals surface area contributed by atoms with Crippen LogP contribution in [0.15, 0.2) is 53.4 Å². The molecule has 0 saturated carbocycles. The van der Waals surface area contributed by atoms with Crippen molar-refractivity contribution in [1.82, 2.24) is 4.31 Å². The standard InChI is InChI=1S/C28H29N3O5S2/c1-19(20-6-3-2-4-7-20)18-36-25-11-10-21(38(33,34)31-12-14-35-15-13-31)16-23(25)27(32)30-28-24(17-29)22-8-5-9-26(22)37-28/h2-4,6-7,10-11,16,19H,5,8-9,12-15,18H2,1H3,(H,30,32). The number of morpholine rings is 1. The van der Waals surface area contributed by atoms with Crippen LogP contribution in [0.4, 0.5) is 5.00 Å². The molecule has 8 nitrogen and oxygen atoms in total. The molecule has 1 N–H and O–H groups in total. The third-order valence-electron chi connectivity index (χ3n) is 6.92. The largest absolute Gasteiger partial charge is 0.492 e. The second-order valence-corrected chi connectivity index (χ2v) is 12.5. The van der Waals surface area contributed by atoms with E-state index in [0.29, 0.717) is 30.4 Å². The van der Waals surface area contributed by atoms with Crippen LogP contribution in [-0.4, -0.2) is 51.5 Å². The number of nitriles is 1. The third kappa shape index (κ3) is 5.33. The molecule has 1 aliphatic heterocycles. The first-order chi connectivity index (χ1) is 18.4. The lowest BCUT2D eigenvalue weighted by molar-refractivity contribution is 0.0730. The number of amides is 1. The van der Waals surface area contributed by atoms with Crippen molar-refractivity contribution in [2.75, 3.05) is 38.2 Å². The molecule has 198 valence electrons. The predicted molar refractivity (Wildman–Crippen MR) is 145 cm³/mol. The number of sulfonamides is 1. The number of carbonyl (C=O) groups excluding carboxylic acids is 1. The monoisotopic (exact) mass is 551 g/mol. The van der Waals surface area contributed by atoms with E-state index in [-0.39, 0.29) is 35.2 Å². The molecule has 10 heteroatoms. The number of carbonyl (C=O) groups is 1. The van der Waals surface area contributed by atoms with Crippen LogP contribution < -0.4 is 10.1 Å². The molecule has 1 saturated heterocycles. The molecule has 2 aliphatic rings. The van der Waals surface area contributed by atoms with Gasteiger partial charge in [0, 0.05) is 23.9 Å². The molecule has 3 aromatic rings. The topological polar surface area (TPSA) is 109 Å². The van der Waals surface area contributed by atoms with E-state index in [1.165, 1.54) is 27.8 Å². The molecule has 38 heavy (non-hydrogen) atoms. The van der Waals surface area contributed by atoms with Gasteiger partial charge in [0.05, 0.1) is 35.8 Å². The average Bonchev–Trinajstić information content (AvgIpc) is 3.53. The Bertz CT molecular complexity index is 1470. The highest BCUT2D eigenvalue weighted by Crippen LogP contribution is 2.39. The lowest BCUT2D eigenvalue weighted by atomic mass is 10.0. The van der Waals surface area contributed by atoms with E-state index in [1.807, 2.05) is 37.3 Å². The van der Waals surface area contributed by atoms with Crippen LogP contribution >= 0.6 is 11.3 Å². The van der Waals surface area contributed by atoms with Crippen molar-refractivity contribution in [3.63, 3.8) is 0 Å². The summed E-state index contributed by atoms with van der Waals surface area (Å²) in [6, 6.07) is 16.5. The minimum Gasteiger partial charge on any atom is -0.492 e. The number of fused-ring (bicyclic) bond motifs is 1. The molecular weight excluding hydrogens is 522 g/mol. The van der Waals surface area contributed by atoms with Crippen molar-refractivity contribution in [3.8, 4) is 11.8 Å². The van der Waals surface area contributed by atoms with E-state index in [4.69, 9.17) is 9.47 Å². The normalized spacial score (nSPS) is 16.4. The number of hydrogen-bond acceptors (Lipinski definition) is 7. The van der Waals surface area contributed by atoms with Crippen molar-refractivity contribution in [1.29, 1.82) is 5.26 Å². The molecule has 1 amide bonds. The summed E-state index contributed by atoms with van der Waals surface area (Å²) in [6.45, 7) is 3.48. The molecule has 0 bridgehead atoms. The molecule has 2 heterocycles. The highest BCUT2D eigenvalue weighted by molar-refractivity contribution is 7.89. The Kier molecular flexibility index (Phi) is 7.81. The van der Waals surface area contributed by atoms with Gasteiger partial charge in [0.2, 0.25) is 10.0 Å². The second-order valence-electron chi connectivity index (χ2n) is 9.42. The molecule has 1 fully saturated rings. The summed E-state index contributed by atoms with van der Waals surface area (Å²) in [7, 11) is -3.82. The van der Waals surface area contributed by atoms with Gasteiger partial charge in [-0.05, 0) is 48.6 Å². The van der Waals surface area contributed by atoms with E-state index in [2.05, 4.69) is 11.4 Å². The van der Waals surface area contributed by atoms with E-state index in [0.717, 1.165) is 35.3 Å². The van der Waals surface area contributed by atoms with E-state index in [9.17, 15) is 18.5 Å². The number of nitrogens with one attached hydrogen (secondary N) is 1. The van der Waals surface area contributed by atoms with Gasteiger partial charge in [0.1, 0.15) is 16.8 Å². The number of hydrogen-bond donors (Lipinski definition) is 1.